The Morgan fingerprint density at radius 1 is 1.19 bits per heavy atom. The Kier molecular flexibility index (Phi) is 5.59. The molecule has 140 valence electrons. The zero-order chi connectivity index (χ0) is 18.6. The lowest BCUT2D eigenvalue weighted by atomic mass is 9.81. The third kappa shape index (κ3) is 3.89. The van der Waals surface area contributed by atoms with Gasteiger partial charge in [0.1, 0.15) is 5.54 Å². The van der Waals surface area contributed by atoms with Crippen molar-refractivity contribution in [1.82, 2.24) is 10.2 Å². The van der Waals surface area contributed by atoms with Gasteiger partial charge in [-0.2, -0.15) is 0 Å². The normalized spacial score (nSPS) is 19.3. The standard InChI is InChI=1S/C20H26N2O4/c1-26-19(25)20(10-3-2-4-11-20)21-18(24)16-8-5-7-15(13-16)14-22-12-6-9-17(22)23/h5,7-8,13H,2-4,6,9-12,14H2,1H3,(H,21,24). The number of ether oxygens (including phenoxy) is 1. The number of carbonyl (C=O) groups is 3. The molecule has 0 unspecified atom stereocenters. The lowest BCUT2D eigenvalue weighted by molar-refractivity contribution is -0.149. The van der Waals surface area contributed by atoms with Gasteiger partial charge < -0.3 is 15.0 Å². The van der Waals surface area contributed by atoms with Crippen molar-refractivity contribution in [3.05, 3.63) is 35.4 Å². The first-order chi connectivity index (χ1) is 12.5. The van der Waals surface area contributed by atoms with Crippen LogP contribution in [0.4, 0.5) is 0 Å². The average Bonchev–Trinajstić information content (AvgIpc) is 3.06. The highest BCUT2D eigenvalue weighted by Crippen LogP contribution is 2.30. The number of likely N-dealkylation sites (tertiary alicyclic amines) is 1. The number of amides is 2. The van der Waals surface area contributed by atoms with Gasteiger partial charge in [0.25, 0.3) is 5.91 Å². The number of rotatable bonds is 5. The van der Waals surface area contributed by atoms with Gasteiger partial charge in [-0.15, -0.1) is 0 Å². The Morgan fingerprint density at radius 3 is 2.62 bits per heavy atom. The predicted octanol–water partition coefficient (Wildman–Crippen LogP) is 2.41. The lowest BCUT2D eigenvalue weighted by Crippen LogP contribution is -2.56. The van der Waals surface area contributed by atoms with Gasteiger partial charge in [-0.3, -0.25) is 9.59 Å². The summed E-state index contributed by atoms with van der Waals surface area (Å²) >= 11 is 0. The third-order valence-electron chi connectivity index (χ3n) is 5.37. The summed E-state index contributed by atoms with van der Waals surface area (Å²) in [6, 6.07) is 7.27. The second-order valence-electron chi connectivity index (χ2n) is 7.21. The Labute approximate surface area is 153 Å². The van der Waals surface area contributed by atoms with Crippen LogP contribution in [0.1, 0.15) is 60.9 Å². The van der Waals surface area contributed by atoms with Crippen molar-refractivity contribution in [3.8, 4) is 0 Å². The number of hydrogen-bond donors (Lipinski definition) is 1. The molecule has 0 atom stereocenters. The Balaban J connectivity index is 1.73. The van der Waals surface area contributed by atoms with Crippen LogP contribution in [0.25, 0.3) is 0 Å². The molecule has 1 aliphatic carbocycles. The summed E-state index contributed by atoms with van der Waals surface area (Å²) in [5, 5.41) is 2.93. The van der Waals surface area contributed by atoms with E-state index < -0.39 is 5.54 Å². The minimum atomic E-state index is -0.926. The molecule has 1 saturated carbocycles. The highest BCUT2D eigenvalue weighted by atomic mass is 16.5. The molecule has 1 aliphatic heterocycles. The summed E-state index contributed by atoms with van der Waals surface area (Å²) in [5.41, 5.74) is 0.497. The second-order valence-corrected chi connectivity index (χ2v) is 7.21. The quantitative estimate of drug-likeness (QED) is 0.820. The van der Waals surface area contributed by atoms with Crippen molar-refractivity contribution in [1.29, 1.82) is 0 Å². The monoisotopic (exact) mass is 358 g/mol. The molecule has 26 heavy (non-hydrogen) atoms. The molecule has 3 rings (SSSR count). The fourth-order valence-electron chi connectivity index (χ4n) is 3.92. The number of hydrogen-bond acceptors (Lipinski definition) is 4. The van der Waals surface area contributed by atoms with Crippen LogP contribution in [0, 0.1) is 0 Å². The van der Waals surface area contributed by atoms with E-state index in [-0.39, 0.29) is 17.8 Å². The zero-order valence-corrected chi connectivity index (χ0v) is 15.3. The second kappa shape index (κ2) is 7.89. The molecule has 6 heteroatoms. The molecule has 0 bridgehead atoms. The van der Waals surface area contributed by atoms with Gasteiger partial charge in [-0.25, -0.2) is 4.79 Å². The molecule has 1 heterocycles. The molecule has 2 aliphatic rings. The number of methoxy groups -OCH3 is 1. The third-order valence-corrected chi connectivity index (χ3v) is 5.37. The van der Waals surface area contributed by atoms with Crippen LogP contribution in [-0.4, -0.2) is 41.9 Å². The van der Waals surface area contributed by atoms with E-state index in [1.54, 1.807) is 12.1 Å². The van der Waals surface area contributed by atoms with Crippen LogP contribution in [0.2, 0.25) is 0 Å². The molecule has 2 amide bonds. The van der Waals surface area contributed by atoms with Crippen LogP contribution < -0.4 is 5.32 Å². The van der Waals surface area contributed by atoms with Gasteiger partial charge in [-0.05, 0) is 37.0 Å². The molecule has 0 radical (unpaired) electrons. The molecule has 1 saturated heterocycles. The minimum absolute atomic E-state index is 0.159. The fraction of sp³-hybridized carbons (Fsp3) is 0.550. The number of esters is 1. The van der Waals surface area contributed by atoms with Gasteiger partial charge >= 0.3 is 5.97 Å². The van der Waals surface area contributed by atoms with Crippen LogP contribution >= 0.6 is 0 Å². The summed E-state index contributed by atoms with van der Waals surface area (Å²) in [4.78, 5) is 38.7. The van der Waals surface area contributed by atoms with Gasteiger partial charge in [0.15, 0.2) is 0 Å². The molecule has 2 fully saturated rings. The molecule has 0 spiro atoms. The maximum atomic E-state index is 12.8. The first-order valence-electron chi connectivity index (χ1n) is 9.32. The van der Waals surface area contributed by atoms with E-state index in [1.165, 1.54) is 7.11 Å². The van der Waals surface area contributed by atoms with E-state index in [0.717, 1.165) is 37.8 Å². The maximum Gasteiger partial charge on any atom is 0.331 e. The minimum Gasteiger partial charge on any atom is -0.467 e. The summed E-state index contributed by atoms with van der Waals surface area (Å²) in [5.74, 6) is -0.483. The summed E-state index contributed by atoms with van der Waals surface area (Å²) in [7, 11) is 1.36. The summed E-state index contributed by atoms with van der Waals surface area (Å²) in [6.07, 6.45) is 5.55. The topological polar surface area (TPSA) is 75.7 Å². The number of nitrogens with zero attached hydrogens (tertiary/aromatic N) is 1. The van der Waals surface area contributed by atoms with E-state index in [1.807, 2.05) is 17.0 Å². The van der Waals surface area contributed by atoms with Crippen molar-refractivity contribution in [2.24, 2.45) is 0 Å². The van der Waals surface area contributed by atoms with E-state index in [4.69, 9.17) is 4.74 Å². The predicted molar refractivity (Wildman–Crippen MR) is 96.4 cm³/mol. The number of benzene rings is 1. The van der Waals surface area contributed by atoms with Crippen LogP contribution in [0.15, 0.2) is 24.3 Å². The van der Waals surface area contributed by atoms with Crippen molar-refractivity contribution in [2.45, 2.75) is 57.0 Å². The average molecular weight is 358 g/mol. The van der Waals surface area contributed by atoms with Gasteiger partial charge in [-0.1, -0.05) is 31.4 Å². The van der Waals surface area contributed by atoms with Gasteiger partial charge in [0.2, 0.25) is 5.91 Å². The highest BCUT2D eigenvalue weighted by molar-refractivity contribution is 5.98. The SMILES string of the molecule is COC(=O)C1(NC(=O)c2cccc(CN3CCCC3=O)c2)CCCCC1. The molecular weight excluding hydrogens is 332 g/mol. The van der Waals surface area contributed by atoms with E-state index in [2.05, 4.69) is 5.32 Å². The van der Waals surface area contributed by atoms with Gasteiger partial charge in [0, 0.05) is 25.1 Å². The molecule has 1 aromatic rings. The maximum absolute atomic E-state index is 12.8. The van der Waals surface area contributed by atoms with E-state index in [9.17, 15) is 14.4 Å². The van der Waals surface area contributed by atoms with Crippen molar-refractivity contribution >= 4 is 17.8 Å². The highest BCUT2D eigenvalue weighted by Gasteiger charge is 2.42. The van der Waals surface area contributed by atoms with Crippen molar-refractivity contribution in [2.75, 3.05) is 13.7 Å². The Morgan fingerprint density at radius 2 is 1.96 bits per heavy atom. The van der Waals surface area contributed by atoms with E-state index in [0.29, 0.717) is 31.4 Å². The van der Waals surface area contributed by atoms with E-state index >= 15 is 0 Å². The van der Waals surface area contributed by atoms with Crippen LogP contribution in [0.3, 0.4) is 0 Å². The smallest absolute Gasteiger partial charge is 0.331 e. The summed E-state index contributed by atoms with van der Waals surface area (Å²) < 4.78 is 4.96. The number of carbonyl (C=O) groups excluding carboxylic acids is 3. The number of nitrogens with one attached hydrogen (secondary N) is 1. The molecular formula is C20H26N2O4. The van der Waals surface area contributed by atoms with Gasteiger partial charge in [0.05, 0.1) is 7.11 Å². The zero-order valence-electron chi connectivity index (χ0n) is 15.3. The van der Waals surface area contributed by atoms with Crippen molar-refractivity contribution < 1.29 is 19.1 Å². The van der Waals surface area contributed by atoms with Crippen LogP contribution in [-0.2, 0) is 20.9 Å². The van der Waals surface area contributed by atoms with Crippen molar-refractivity contribution in [3.63, 3.8) is 0 Å². The molecule has 1 aromatic carbocycles. The Bertz CT molecular complexity index is 695. The molecule has 0 aromatic heterocycles. The summed E-state index contributed by atoms with van der Waals surface area (Å²) in [6.45, 7) is 1.28. The first kappa shape index (κ1) is 18.4. The molecule has 6 nitrogen and oxygen atoms in total. The first-order valence-corrected chi connectivity index (χ1v) is 9.32. The van der Waals surface area contributed by atoms with Crippen LogP contribution in [0.5, 0.6) is 0 Å². The molecule has 1 N–H and O–H groups in total. The fourth-order valence-corrected chi connectivity index (χ4v) is 3.92. The Hall–Kier alpha value is -2.37. The lowest BCUT2D eigenvalue weighted by Gasteiger charge is -2.35. The largest absolute Gasteiger partial charge is 0.467 e.